The van der Waals surface area contributed by atoms with Gasteiger partial charge in [0.15, 0.2) is 12.6 Å². The highest BCUT2D eigenvalue weighted by Gasteiger charge is 2.56. The Kier molecular flexibility index (Phi) is 3.62. The summed E-state index contributed by atoms with van der Waals surface area (Å²) in [5.41, 5.74) is 0.305. The van der Waals surface area contributed by atoms with Gasteiger partial charge < -0.3 is 19.3 Å². The quantitative estimate of drug-likeness (QED) is 0.591. The van der Waals surface area contributed by atoms with Crippen LogP contribution in [0, 0.1) is 23.2 Å². The first kappa shape index (κ1) is 15.0. The van der Waals surface area contributed by atoms with Crippen LogP contribution >= 0.6 is 0 Å². The topological polar surface area (TPSA) is 65.0 Å². The zero-order chi connectivity index (χ0) is 15.4. The van der Waals surface area contributed by atoms with Crippen molar-refractivity contribution in [3.05, 3.63) is 12.2 Å². The van der Waals surface area contributed by atoms with Gasteiger partial charge in [0.1, 0.15) is 6.10 Å². The van der Waals surface area contributed by atoms with Gasteiger partial charge in [-0.1, -0.05) is 20.4 Å². The number of hydrogen-bond acceptors (Lipinski definition) is 5. The van der Waals surface area contributed by atoms with Crippen LogP contribution in [0.2, 0.25) is 0 Å². The van der Waals surface area contributed by atoms with Gasteiger partial charge in [0.25, 0.3) is 0 Å². The number of esters is 1. The number of aliphatic hydroxyl groups excluding tert-OH is 1. The minimum atomic E-state index is -0.792. The molecule has 0 spiro atoms. The third kappa shape index (κ3) is 2.22. The molecular weight excluding hydrogens is 272 g/mol. The Morgan fingerprint density at radius 1 is 1.43 bits per heavy atom. The van der Waals surface area contributed by atoms with E-state index >= 15 is 0 Å². The van der Waals surface area contributed by atoms with E-state index in [1.54, 1.807) is 7.11 Å². The molecule has 7 atom stereocenters. The molecule has 0 aromatic carbocycles. The van der Waals surface area contributed by atoms with E-state index in [-0.39, 0.29) is 29.3 Å². The number of methoxy groups -OCH3 is 1. The summed E-state index contributed by atoms with van der Waals surface area (Å²) < 4.78 is 16.6. The maximum absolute atomic E-state index is 11.8. The monoisotopic (exact) mass is 296 g/mol. The predicted octanol–water partition coefficient (Wildman–Crippen LogP) is 1.85. The second kappa shape index (κ2) is 5.07. The van der Waals surface area contributed by atoms with E-state index in [1.807, 2.05) is 0 Å². The molecule has 1 N–H and O–H groups in total. The van der Waals surface area contributed by atoms with E-state index in [0.717, 1.165) is 12.8 Å². The molecule has 3 fully saturated rings. The lowest BCUT2D eigenvalue weighted by Crippen LogP contribution is -2.51. The lowest BCUT2D eigenvalue weighted by Gasteiger charge is -2.49. The van der Waals surface area contributed by atoms with E-state index in [0.29, 0.717) is 17.9 Å². The summed E-state index contributed by atoms with van der Waals surface area (Å²) in [6.45, 7) is 8.20. The largest absolute Gasteiger partial charge is 0.458 e. The third-order valence-corrected chi connectivity index (χ3v) is 5.70. The van der Waals surface area contributed by atoms with Gasteiger partial charge in [0.2, 0.25) is 0 Å². The molecule has 3 rings (SSSR count). The molecular formula is C16H24O5. The average Bonchev–Trinajstić information content (AvgIpc) is 2.62. The van der Waals surface area contributed by atoms with Crippen LogP contribution in [-0.2, 0) is 19.0 Å². The van der Waals surface area contributed by atoms with E-state index in [1.165, 1.54) is 0 Å². The zero-order valence-corrected chi connectivity index (χ0v) is 12.9. The molecule has 0 radical (unpaired) electrons. The lowest BCUT2D eigenvalue weighted by atomic mass is 9.65. The van der Waals surface area contributed by atoms with Crippen molar-refractivity contribution < 1.29 is 24.1 Å². The smallest absolute Gasteiger partial charge is 0.334 e. The molecule has 2 aliphatic heterocycles. The van der Waals surface area contributed by atoms with Crippen molar-refractivity contribution in [2.45, 2.75) is 51.8 Å². The van der Waals surface area contributed by atoms with Crippen molar-refractivity contribution in [2.75, 3.05) is 7.11 Å². The minimum absolute atomic E-state index is 0.0199. The second-order valence-corrected chi connectivity index (χ2v) is 7.00. The molecule has 2 heterocycles. The Hall–Kier alpha value is -0.910. The molecule has 0 bridgehead atoms. The maximum atomic E-state index is 11.8. The van der Waals surface area contributed by atoms with Crippen LogP contribution in [-0.4, -0.2) is 36.9 Å². The van der Waals surface area contributed by atoms with Gasteiger partial charge >= 0.3 is 5.97 Å². The number of hydrogen-bond donors (Lipinski definition) is 1. The SMILES string of the molecule is C=C1C(=O)OC2CC(C)C3CC(O)OC(OC)C3(C)CC12. The molecule has 0 aromatic heterocycles. The Bertz CT molecular complexity index is 462. The number of rotatable bonds is 1. The van der Waals surface area contributed by atoms with Crippen LogP contribution in [0.3, 0.4) is 0 Å². The highest BCUT2D eigenvalue weighted by Crippen LogP contribution is 2.55. The molecule has 1 saturated carbocycles. The zero-order valence-electron chi connectivity index (χ0n) is 12.9. The molecule has 5 nitrogen and oxygen atoms in total. The molecule has 7 unspecified atom stereocenters. The summed E-state index contributed by atoms with van der Waals surface area (Å²) >= 11 is 0. The van der Waals surface area contributed by atoms with Gasteiger partial charge in [-0.15, -0.1) is 0 Å². The van der Waals surface area contributed by atoms with Gasteiger partial charge in [-0.05, 0) is 24.7 Å². The molecule has 3 aliphatic rings. The number of aliphatic hydroxyl groups is 1. The third-order valence-electron chi connectivity index (χ3n) is 5.70. The number of carbonyl (C=O) groups is 1. The first-order chi connectivity index (χ1) is 9.86. The normalized spacial score (nSPS) is 50.1. The van der Waals surface area contributed by atoms with E-state index in [2.05, 4.69) is 20.4 Å². The summed E-state index contributed by atoms with van der Waals surface area (Å²) in [6.07, 6.45) is 0.769. The van der Waals surface area contributed by atoms with Crippen molar-refractivity contribution in [2.24, 2.45) is 23.2 Å². The fourth-order valence-electron chi connectivity index (χ4n) is 4.61. The Morgan fingerprint density at radius 2 is 2.14 bits per heavy atom. The molecule has 0 aromatic rings. The number of fused-ring (bicyclic) bond motifs is 2. The number of ether oxygens (including phenoxy) is 3. The fourth-order valence-corrected chi connectivity index (χ4v) is 4.61. The maximum Gasteiger partial charge on any atom is 0.334 e. The Morgan fingerprint density at radius 3 is 2.81 bits per heavy atom. The van der Waals surface area contributed by atoms with Crippen LogP contribution < -0.4 is 0 Å². The summed E-state index contributed by atoms with van der Waals surface area (Å²) in [7, 11) is 1.60. The van der Waals surface area contributed by atoms with Crippen LogP contribution in [0.4, 0.5) is 0 Å². The highest BCUT2D eigenvalue weighted by atomic mass is 16.7. The van der Waals surface area contributed by atoms with Gasteiger partial charge in [0, 0.05) is 30.4 Å². The van der Waals surface area contributed by atoms with E-state index in [4.69, 9.17) is 14.2 Å². The summed E-state index contributed by atoms with van der Waals surface area (Å²) in [6, 6.07) is 0. The second-order valence-electron chi connectivity index (χ2n) is 7.00. The molecule has 1 aliphatic carbocycles. The molecule has 2 saturated heterocycles. The lowest BCUT2D eigenvalue weighted by molar-refractivity contribution is -0.312. The first-order valence-corrected chi connectivity index (χ1v) is 7.63. The van der Waals surface area contributed by atoms with Gasteiger partial charge in [-0.25, -0.2) is 4.79 Å². The van der Waals surface area contributed by atoms with Crippen LogP contribution in [0.15, 0.2) is 12.2 Å². The van der Waals surface area contributed by atoms with Gasteiger partial charge in [0.05, 0.1) is 0 Å². The average molecular weight is 296 g/mol. The van der Waals surface area contributed by atoms with Crippen molar-refractivity contribution in [1.82, 2.24) is 0 Å². The van der Waals surface area contributed by atoms with Crippen LogP contribution in [0.5, 0.6) is 0 Å². The van der Waals surface area contributed by atoms with E-state index < -0.39 is 12.6 Å². The van der Waals surface area contributed by atoms with Gasteiger partial charge in [-0.3, -0.25) is 0 Å². The predicted molar refractivity (Wildman–Crippen MR) is 75.0 cm³/mol. The standard InChI is InChI=1S/C16H24O5/c1-8-5-12-10(9(2)14(18)20-12)7-16(3)11(8)6-13(17)21-15(16)19-4/h8,10-13,15,17H,2,5-7H2,1,3-4H3. The molecule has 118 valence electrons. The Labute approximate surface area is 125 Å². The van der Waals surface area contributed by atoms with E-state index in [9.17, 15) is 9.90 Å². The van der Waals surface area contributed by atoms with Gasteiger partial charge in [-0.2, -0.15) is 0 Å². The van der Waals surface area contributed by atoms with Crippen LogP contribution in [0.25, 0.3) is 0 Å². The van der Waals surface area contributed by atoms with Crippen molar-refractivity contribution in [1.29, 1.82) is 0 Å². The highest BCUT2D eigenvalue weighted by molar-refractivity contribution is 5.90. The number of carbonyl (C=O) groups excluding carboxylic acids is 1. The summed E-state index contributed by atoms with van der Waals surface area (Å²) in [5, 5.41) is 9.97. The van der Waals surface area contributed by atoms with Crippen molar-refractivity contribution in [3.8, 4) is 0 Å². The molecule has 21 heavy (non-hydrogen) atoms. The molecule has 0 amide bonds. The fraction of sp³-hybridized carbons (Fsp3) is 0.812. The minimum Gasteiger partial charge on any atom is -0.458 e. The summed E-state index contributed by atoms with van der Waals surface area (Å²) in [4.78, 5) is 11.8. The molecule has 5 heteroatoms. The van der Waals surface area contributed by atoms with Crippen LogP contribution in [0.1, 0.15) is 33.1 Å². The first-order valence-electron chi connectivity index (χ1n) is 7.63. The Balaban J connectivity index is 1.97. The van der Waals surface area contributed by atoms with Crippen molar-refractivity contribution >= 4 is 5.97 Å². The van der Waals surface area contributed by atoms with Crippen molar-refractivity contribution in [3.63, 3.8) is 0 Å². The summed E-state index contributed by atoms with van der Waals surface area (Å²) in [5.74, 6) is 0.333.